The molecule has 2 heteroatoms. The van der Waals surface area contributed by atoms with Gasteiger partial charge >= 0.3 is 0 Å². The van der Waals surface area contributed by atoms with Gasteiger partial charge in [0.2, 0.25) is 0 Å². The van der Waals surface area contributed by atoms with Gasteiger partial charge in [0.05, 0.1) is 12.5 Å². The first-order chi connectivity index (χ1) is 8.16. The van der Waals surface area contributed by atoms with Crippen molar-refractivity contribution in [2.45, 2.75) is 32.9 Å². The van der Waals surface area contributed by atoms with Crippen LogP contribution in [0.3, 0.4) is 0 Å². The van der Waals surface area contributed by atoms with Crippen molar-refractivity contribution in [1.29, 1.82) is 0 Å². The Hall–Kier alpha value is -1.54. The monoisotopic (exact) mass is 229 g/mol. The fourth-order valence-electron chi connectivity index (χ4n) is 1.94. The third kappa shape index (κ3) is 2.98. The van der Waals surface area contributed by atoms with Crippen molar-refractivity contribution >= 4 is 0 Å². The van der Waals surface area contributed by atoms with Crippen molar-refractivity contribution < 1.29 is 4.42 Å². The lowest BCUT2D eigenvalue weighted by Crippen LogP contribution is -2.22. The van der Waals surface area contributed by atoms with E-state index in [1.54, 1.807) is 12.5 Å². The van der Waals surface area contributed by atoms with Gasteiger partial charge in [0.25, 0.3) is 0 Å². The minimum absolute atomic E-state index is 0.296. The zero-order chi connectivity index (χ0) is 12.3. The van der Waals surface area contributed by atoms with Gasteiger partial charge in [-0.2, -0.15) is 0 Å². The third-order valence-electron chi connectivity index (χ3n) is 3.12. The van der Waals surface area contributed by atoms with Gasteiger partial charge in [-0.05, 0) is 32.4 Å². The molecule has 0 fully saturated rings. The molecule has 1 heterocycles. The first-order valence-corrected chi connectivity index (χ1v) is 6.01. The fraction of sp³-hybridized carbons (Fsp3) is 0.333. The molecule has 0 spiro atoms. The van der Waals surface area contributed by atoms with E-state index in [9.17, 15) is 0 Å². The fourth-order valence-corrected chi connectivity index (χ4v) is 1.94. The van der Waals surface area contributed by atoms with Gasteiger partial charge in [-0.1, -0.05) is 29.8 Å². The molecule has 2 atom stereocenters. The number of furan rings is 1. The summed E-state index contributed by atoms with van der Waals surface area (Å²) in [6, 6.07) is 11.3. The maximum Gasteiger partial charge on any atom is 0.0950 e. The quantitative estimate of drug-likeness (QED) is 0.857. The Morgan fingerprint density at radius 3 is 2.18 bits per heavy atom. The summed E-state index contributed by atoms with van der Waals surface area (Å²) in [5.74, 6) is 0. The van der Waals surface area contributed by atoms with Crippen LogP contribution in [0.25, 0.3) is 0 Å². The number of hydrogen-bond acceptors (Lipinski definition) is 2. The smallest absolute Gasteiger partial charge is 0.0950 e. The Morgan fingerprint density at radius 2 is 1.59 bits per heavy atom. The van der Waals surface area contributed by atoms with Crippen molar-refractivity contribution in [2.75, 3.05) is 0 Å². The molecule has 1 N–H and O–H groups in total. The van der Waals surface area contributed by atoms with E-state index in [1.165, 1.54) is 16.7 Å². The lowest BCUT2D eigenvalue weighted by Gasteiger charge is -2.19. The van der Waals surface area contributed by atoms with Crippen LogP contribution in [0.2, 0.25) is 0 Å². The molecule has 17 heavy (non-hydrogen) atoms. The summed E-state index contributed by atoms with van der Waals surface area (Å²) < 4.78 is 5.10. The topological polar surface area (TPSA) is 25.2 Å². The normalized spacial score (nSPS) is 14.5. The van der Waals surface area contributed by atoms with Gasteiger partial charge in [0, 0.05) is 17.6 Å². The number of hydrogen-bond donors (Lipinski definition) is 1. The van der Waals surface area contributed by atoms with Crippen LogP contribution < -0.4 is 5.32 Å². The maximum absolute atomic E-state index is 5.10. The maximum atomic E-state index is 5.10. The molecule has 1 unspecified atom stereocenters. The number of nitrogens with one attached hydrogen (secondary N) is 1. The standard InChI is InChI=1S/C15H19NO/c1-11-4-6-14(7-5-11)12(2)16-13(3)15-8-9-17-10-15/h4-10,12-13,16H,1-3H3/t12-,13?/m1/s1. The Bertz CT molecular complexity index is 444. The van der Waals surface area contributed by atoms with Crippen LogP contribution in [-0.4, -0.2) is 0 Å². The average molecular weight is 229 g/mol. The molecule has 0 aliphatic rings. The van der Waals surface area contributed by atoms with E-state index in [4.69, 9.17) is 4.42 Å². The zero-order valence-electron chi connectivity index (χ0n) is 10.6. The Morgan fingerprint density at radius 1 is 0.941 bits per heavy atom. The second-order valence-electron chi connectivity index (χ2n) is 4.58. The van der Waals surface area contributed by atoms with Crippen LogP contribution in [0, 0.1) is 6.92 Å². The molecule has 0 radical (unpaired) electrons. The lowest BCUT2D eigenvalue weighted by atomic mass is 10.0. The number of aryl methyl sites for hydroxylation is 1. The van der Waals surface area contributed by atoms with E-state index >= 15 is 0 Å². The van der Waals surface area contributed by atoms with Crippen molar-refractivity contribution in [2.24, 2.45) is 0 Å². The van der Waals surface area contributed by atoms with Crippen molar-refractivity contribution in [3.63, 3.8) is 0 Å². The second kappa shape index (κ2) is 5.19. The van der Waals surface area contributed by atoms with Crippen LogP contribution in [0.5, 0.6) is 0 Å². The summed E-state index contributed by atoms with van der Waals surface area (Å²) in [5.41, 5.74) is 3.79. The minimum Gasteiger partial charge on any atom is -0.472 e. The highest BCUT2D eigenvalue weighted by Gasteiger charge is 2.11. The first-order valence-electron chi connectivity index (χ1n) is 6.01. The summed E-state index contributed by atoms with van der Waals surface area (Å²) >= 11 is 0. The molecule has 1 aromatic carbocycles. The molecule has 0 aliphatic heterocycles. The highest BCUT2D eigenvalue weighted by molar-refractivity contribution is 5.24. The van der Waals surface area contributed by atoms with E-state index < -0.39 is 0 Å². The molecule has 2 rings (SSSR count). The predicted molar refractivity (Wildman–Crippen MR) is 69.9 cm³/mol. The molecule has 0 aliphatic carbocycles. The van der Waals surface area contributed by atoms with E-state index in [0.717, 1.165) is 0 Å². The molecular weight excluding hydrogens is 210 g/mol. The van der Waals surface area contributed by atoms with Crippen LogP contribution in [0.4, 0.5) is 0 Å². The van der Waals surface area contributed by atoms with Gasteiger partial charge in [0.1, 0.15) is 0 Å². The van der Waals surface area contributed by atoms with Crippen LogP contribution >= 0.6 is 0 Å². The molecular formula is C15H19NO. The zero-order valence-corrected chi connectivity index (χ0v) is 10.6. The van der Waals surface area contributed by atoms with Crippen molar-refractivity contribution in [1.82, 2.24) is 5.32 Å². The Kier molecular flexibility index (Phi) is 3.64. The van der Waals surface area contributed by atoms with Crippen LogP contribution in [-0.2, 0) is 0 Å². The van der Waals surface area contributed by atoms with Gasteiger partial charge in [-0.3, -0.25) is 0 Å². The summed E-state index contributed by atoms with van der Waals surface area (Å²) in [6.07, 6.45) is 3.50. The van der Waals surface area contributed by atoms with E-state index in [-0.39, 0.29) is 0 Å². The average Bonchev–Trinajstić information content (AvgIpc) is 2.83. The van der Waals surface area contributed by atoms with E-state index in [0.29, 0.717) is 12.1 Å². The highest BCUT2D eigenvalue weighted by atomic mass is 16.3. The molecule has 0 saturated heterocycles. The summed E-state index contributed by atoms with van der Waals surface area (Å²) in [4.78, 5) is 0. The highest BCUT2D eigenvalue weighted by Crippen LogP contribution is 2.19. The number of benzene rings is 1. The summed E-state index contributed by atoms with van der Waals surface area (Å²) in [6.45, 7) is 6.44. The van der Waals surface area contributed by atoms with Gasteiger partial charge in [0.15, 0.2) is 0 Å². The van der Waals surface area contributed by atoms with E-state index in [1.807, 2.05) is 6.07 Å². The third-order valence-corrected chi connectivity index (χ3v) is 3.12. The Balaban J connectivity index is 2.01. The molecule has 2 nitrogen and oxygen atoms in total. The minimum atomic E-state index is 0.296. The van der Waals surface area contributed by atoms with Crippen molar-refractivity contribution in [3.8, 4) is 0 Å². The first kappa shape index (κ1) is 11.9. The van der Waals surface area contributed by atoms with Crippen molar-refractivity contribution in [3.05, 3.63) is 59.5 Å². The SMILES string of the molecule is Cc1ccc([C@@H](C)NC(C)c2ccoc2)cc1. The van der Waals surface area contributed by atoms with Gasteiger partial charge in [-0.15, -0.1) is 0 Å². The second-order valence-corrected chi connectivity index (χ2v) is 4.58. The molecule has 0 saturated carbocycles. The van der Waals surface area contributed by atoms with E-state index in [2.05, 4.69) is 50.4 Å². The summed E-state index contributed by atoms with van der Waals surface area (Å²) in [5, 5.41) is 3.56. The molecule has 0 amide bonds. The lowest BCUT2D eigenvalue weighted by molar-refractivity contribution is 0.486. The van der Waals surface area contributed by atoms with Gasteiger partial charge in [-0.25, -0.2) is 0 Å². The molecule has 1 aromatic heterocycles. The largest absolute Gasteiger partial charge is 0.472 e. The molecule has 0 bridgehead atoms. The predicted octanol–water partition coefficient (Wildman–Crippen LogP) is 4.00. The molecule has 90 valence electrons. The van der Waals surface area contributed by atoms with Crippen LogP contribution in [0.1, 0.15) is 42.6 Å². The Labute approximate surface area is 103 Å². The van der Waals surface area contributed by atoms with Crippen LogP contribution in [0.15, 0.2) is 47.3 Å². The summed E-state index contributed by atoms with van der Waals surface area (Å²) in [7, 11) is 0. The number of rotatable bonds is 4. The van der Waals surface area contributed by atoms with Gasteiger partial charge < -0.3 is 9.73 Å². The molecule has 2 aromatic rings.